The van der Waals surface area contributed by atoms with E-state index in [-0.39, 0.29) is 13.0 Å². The molecule has 0 aliphatic rings. The first-order chi connectivity index (χ1) is 12.9. The number of nitrogens with zero attached hydrogens (tertiary/aromatic N) is 1. The Bertz CT molecular complexity index is 880. The average molecular weight is 377 g/mol. The summed E-state index contributed by atoms with van der Waals surface area (Å²) >= 11 is 0. The molecule has 0 spiro atoms. The van der Waals surface area contributed by atoms with Crippen LogP contribution in [0.15, 0.2) is 36.4 Å². The van der Waals surface area contributed by atoms with Crippen LogP contribution in [0.5, 0.6) is 5.75 Å². The van der Waals surface area contributed by atoms with E-state index in [1.54, 1.807) is 24.3 Å². The highest BCUT2D eigenvalue weighted by Gasteiger charge is 2.15. The van der Waals surface area contributed by atoms with Gasteiger partial charge in [-0.25, -0.2) is 13.2 Å². The number of nitriles is 1. The van der Waals surface area contributed by atoms with Crippen LogP contribution in [0.25, 0.3) is 0 Å². The summed E-state index contributed by atoms with van der Waals surface area (Å²) in [6, 6.07) is 10.1. The van der Waals surface area contributed by atoms with E-state index < -0.39 is 41.5 Å². The van der Waals surface area contributed by atoms with Crippen molar-refractivity contribution in [1.82, 2.24) is 5.32 Å². The number of amides is 2. The Kier molecular flexibility index (Phi) is 6.77. The number of halogens is 3. The molecule has 0 aliphatic heterocycles. The highest BCUT2D eigenvalue weighted by Crippen LogP contribution is 2.19. The number of hydrogen-bond donors (Lipinski definition) is 2. The third-order valence-electron chi connectivity index (χ3n) is 3.33. The Morgan fingerprint density at radius 1 is 1.00 bits per heavy atom. The molecule has 0 saturated heterocycles. The largest absolute Gasteiger partial charge is 0.484 e. The van der Waals surface area contributed by atoms with Crippen LogP contribution in [0.3, 0.4) is 0 Å². The Hall–Kier alpha value is -3.54. The summed E-state index contributed by atoms with van der Waals surface area (Å²) in [5.41, 5.74) is 0.261. The van der Waals surface area contributed by atoms with Gasteiger partial charge in [-0.2, -0.15) is 5.26 Å². The van der Waals surface area contributed by atoms with Gasteiger partial charge in [0, 0.05) is 0 Å². The van der Waals surface area contributed by atoms with Crippen molar-refractivity contribution >= 4 is 17.5 Å². The fraction of sp³-hybridized carbons (Fsp3) is 0.167. The second-order valence-corrected chi connectivity index (χ2v) is 5.32. The molecule has 0 aliphatic carbocycles. The molecule has 2 N–H and O–H groups in total. The molecule has 2 amide bonds. The van der Waals surface area contributed by atoms with Gasteiger partial charge in [0.1, 0.15) is 5.75 Å². The summed E-state index contributed by atoms with van der Waals surface area (Å²) in [7, 11) is 0. The number of nitrogens with one attached hydrogen (secondary N) is 2. The summed E-state index contributed by atoms with van der Waals surface area (Å²) in [4.78, 5) is 23.3. The maximum absolute atomic E-state index is 13.5. The number of carbonyl (C=O) groups is 2. The predicted octanol–water partition coefficient (Wildman–Crippen LogP) is 2.30. The molecule has 2 aromatic carbocycles. The fourth-order valence-electron chi connectivity index (χ4n) is 1.99. The van der Waals surface area contributed by atoms with Gasteiger partial charge in [0.15, 0.2) is 24.1 Å². The van der Waals surface area contributed by atoms with E-state index >= 15 is 0 Å². The second-order valence-electron chi connectivity index (χ2n) is 5.32. The van der Waals surface area contributed by atoms with E-state index in [0.717, 1.165) is 11.6 Å². The standard InChI is InChI=1S/C18H14F3N3O3/c19-13-5-6-14(18(21)17(13)20)24-15(25)9-23-16(26)10-27-12-3-1-11(2-4-12)7-8-22/h1-6H,7,9-10H2,(H,23,26)(H,24,25). The van der Waals surface area contributed by atoms with Crippen molar-refractivity contribution in [3.8, 4) is 11.8 Å². The molecule has 6 nitrogen and oxygen atoms in total. The van der Waals surface area contributed by atoms with Crippen molar-refractivity contribution in [2.45, 2.75) is 6.42 Å². The molecular formula is C18H14F3N3O3. The number of rotatable bonds is 7. The monoisotopic (exact) mass is 377 g/mol. The Morgan fingerprint density at radius 2 is 1.70 bits per heavy atom. The molecule has 0 bridgehead atoms. The number of hydrogen-bond acceptors (Lipinski definition) is 4. The zero-order valence-electron chi connectivity index (χ0n) is 13.9. The number of carbonyl (C=O) groups excluding carboxylic acids is 2. The van der Waals surface area contributed by atoms with E-state index in [1.807, 2.05) is 11.4 Å². The van der Waals surface area contributed by atoms with Gasteiger partial charge in [0.2, 0.25) is 5.91 Å². The van der Waals surface area contributed by atoms with E-state index in [4.69, 9.17) is 10.00 Å². The molecule has 140 valence electrons. The van der Waals surface area contributed by atoms with Crippen molar-refractivity contribution < 1.29 is 27.5 Å². The molecule has 0 saturated carbocycles. The number of ether oxygens (including phenoxy) is 1. The fourth-order valence-corrected chi connectivity index (χ4v) is 1.99. The first-order valence-electron chi connectivity index (χ1n) is 7.69. The van der Waals surface area contributed by atoms with Gasteiger partial charge >= 0.3 is 0 Å². The number of anilines is 1. The Balaban J connectivity index is 1.77. The maximum atomic E-state index is 13.5. The molecule has 0 atom stereocenters. The normalized spacial score (nSPS) is 10.0. The van der Waals surface area contributed by atoms with Crippen LogP contribution in [-0.4, -0.2) is 25.0 Å². The van der Waals surface area contributed by atoms with Crippen molar-refractivity contribution in [3.05, 3.63) is 59.4 Å². The lowest BCUT2D eigenvalue weighted by Crippen LogP contribution is -2.36. The van der Waals surface area contributed by atoms with Crippen LogP contribution in [-0.2, 0) is 16.0 Å². The molecule has 0 heterocycles. The lowest BCUT2D eigenvalue weighted by atomic mass is 10.2. The summed E-state index contributed by atoms with van der Waals surface area (Å²) in [6.07, 6.45) is 0.258. The minimum atomic E-state index is -1.70. The summed E-state index contributed by atoms with van der Waals surface area (Å²) in [5, 5.41) is 12.8. The van der Waals surface area contributed by atoms with E-state index in [0.29, 0.717) is 11.8 Å². The summed E-state index contributed by atoms with van der Waals surface area (Å²) in [5.74, 6) is -5.65. The van der Waals surface area contributed by atoms with E-state index in [1.165, 1.54) is 0 Å². The van der Waals surface area contributed by atoms with Gasteiger partial charge in [-0.1, -0.05) is 12.1 Å². The zero-order valence-corrected chi connectivity index (χ0v) is 13.9. The molecule has 0 unspecified atom stereocenters. The van der Waals surface area contributed by atoms with Gasteiger partial charge in [-0.15, -0.1) is 0 Å². The first-order valence-corrected chi connectivity index (χ1v) is 7.69. The predicted molar refractivity (Wildman–Crippen MR) is 89.2 cm³/mol. The SMILES string of the molecule is N#CCc1ccc(OCC(=O)NCC(=O)Nc2ccc(F)c(F)c2F)cc1. The zero-order chi connectivity index (χ0) is 19.8. The van der Waals surface area contributed by atoms with Gasteiger partial charge in [0.05, 0.1) is 24.7 Å². The van der Waals surface area contributed by atoms with Crippen LogP contribution in [0.1, 0.15) is 5.56 Å². The smallest absolute Gasteiger partial charge is 0.258 e. The van der Waals surface area contributed by atoms with Crippen molar-refractivity contribution in [1.29, 1.82) is 5.26 Å². The lowest BCUT2D eigenvalue weighted by molar-refractivity contribution is -0.125. The van der Waals surface area contributed by atoms with Crippen LogP contribution in [0.4, 0.5) is 18.9 Å². The lowest BCUT2D eigenvalue weighted by Gasteiger charge is -2.09. The minimum absolute atomic E-state index is 0.258. The molecule has 0 fully saturated rings. The van der Waals surface area contributed by atoms with Gasteiger partial charge < -0.3 is 15.4 Å². The topological polar surface area (TPSA) is 91.2 Å². The maximum Gasteiger partial charge on any atom is 0.258 e. The van der Waals surface area contributed by atoms with Gasteiger partial charge in [-0.3, -0.25) is 9.59 Å². The molecule has 2 rings (SSSR count). The van der Waals surface area contributed by atoms with Crippen LogP contribution in [0, 0.1) is 28.8 Å². The Morgan fingerprint density at radius 3 is 2.37 bits per heavy atom. The van der Waals surface area contributed by atoms with Crippen LogP contribution in [0.2, 0.25) is 0 Å². The quantitative estimate of drug-likeness (QED) is 0.725. The van der Waals surface area contributed by atoms with Crippen molar-refractivity contribution in [2.24, 2.45) is 0 Å². The molecule has 9 heteroatoms. The van der Waals surface area contributed by atoms with Crippen LogP contribution >= 0.6 is 0 Å². The van der Waals surface area contributed by atoms with Gasteiger partial charge in [0.25, 0.3) is 5.91 Å². The third-order valence-corrected chi connectivity index (χ3v) is 3.33. The molecular weight excluding hydrogens is 363 g/mol. The Labute approximate surface area is 152 Å². The highest BCUT2D eigenvalue weighted by molar-refractivity contribution is 5.94. The molecule has 2 aromatic rings. The summed E-state index contributed by atoms with van der Waals surface area (Å²) < 4.78 is 44.6. The van der Waals surface area contributed by atoms with Crippen molar-refractivity contribution in [2.75, 3.05) is 18.5 Å². The molecule has 0 aromatic heterocycles. The first kappa shape index (κ1) is 19.8. The number of benzene rings is 2. The van der Waals surface area contributed by atoms with E-state index in [2.05, 4.69) is 5.32 Å². The molecule has 0 radical (unpaired) electrons. The molecule has 27 heavy (non-hydrogen) atoms. The minimum Gasteiger partial charge on any atom is -0.484 e. The van der Waals surface area contributed by atoms with Gasteiger partial charge in [-0.05, 0) is 29.8 Å². The third kappa shape index (κ3) is 5.74. The van der Waals surface area contributed by atoms with Crippen molar-refractivity contribution in [3.63, 3.8) is 0 Å². The average Bonchev–Trinajstić information content (AvgIpc) is 2.66. The highest BCUT2D eigenvalue weighted by atomic mass is 19.2. The summed E-state index contributed by atoms with van der Waals surface area (Å²) in [6.45, 7) is -0.883. The second kappa shape index (κ2) is 9.24. The van der Waals surface area contributed by atoms with E-state index in [9.17, 15) is 22.8 Å². The van der Waals surface area contributed by atoms with Crippen LogP contribution < -0.4 is 15.4 Å².